The highest BCUT2D eigenvalue weighted by Crippen LogP contribution is 2.35. The van der Waals surface area contributed by atoms with Gasteiger partial charge in [-0.2, -0.15) is 0 Å². The Kier molecular flexibility index (Phi) is 6.13. The van der Waals surface area contributed by atoms with Crippen molar-refractivity contribution < 1.29 is 19.1 Å². The smallest absolute Gasteiger partial charge is 0.278 e. The number of pyridine rings is 1. The molecule has 1 aliphatic heterocycles. The third kappa shape index (κ3) is 4.30. The summed E-state index contributed by atoms with van der Waals surface area (Å²) in [5.74, 6) is 0.339. The summed E-state index contributed by atoms with van der Waals surface area (Å²) >= 11 is 0. The van der Waals surface area contributed by atoms with Gasteiger partial charge in [0.2, 0.25) is 0 Å². The van der Waals surface area contributed by atoms with Crippen LogP contribution in [-0.2, 0) is 16.1 Å². The molecule has 1 N–H and O–H groups in total. The molecule has 1 aliphatic rings. The maximum atomic E-state index is 13.5. The number of methoxy groups -OCH3 is 2. The van der Waals surface area contributed by atoms with Crippen LogP contribution in [0.15, 0.2) is 66.6 Å². The molecule has 4 rings (SSSR count). The molecule has 33 heavy (non-hydrogen) atoms. The van der Waals surface area contributed by atoms with Crippen LogP contribution in [0.2, 0.25) is 0 Å². The van der Waals surface area contributed by atoms with Crippen LogP contribution in [0.3, 0.4) is 0 Å². The van der Waals surface area contributed by atoms with Crippen LogP contribution < -0.4 is 14.8 Å². The topological polar surface area (TPSA) is 80.8 Å². The Morgan fingerprint density at radius 2 is 1.73 bits per heavy atom. The first-order valence-corrected chi connectivity index (χ1v) is 10.5. The van der Waals surface area contributed by atoms with Crippen molar-refractivity contribution in [2.24, 2.45) is 0 Å². The summed E-state index contributed by atoms with van der Waals surface area (Å²) in [4.78, 5) is 32.3. The predicted molar refractivity (Wildman–Crippen MR) is 126 cm³/mol. The Balaban J connectivity index is 1.78. The monoisotopic (exact) mass is 443 g/mol. The summed E-state index contributed by atoms with van der Waals surface area (Å²) in [6, 6.07) is 14.7. The van der Waals surface area contributed by atoms with Crippen LogP contribution in [0.5, 0.6) is 11.5 Å². The Hall–Kier alpha value is -4.13. The number of nitrogens with one attached hydrogen (secondary N) is 1. The lowest BCUT2D eigenvalue weighted by atomic mass is 9.97. The molecule has 0 saturated heterocycles. The van der Waals surface area contributed by atoms with Crippen LogP contribution in [0.4, 0.5) is 5.69 Å². The molecule has 2 amide bonds. The number of amides is 2. The molecule has 0 radical (unpaired) electrons. The van der Waals surface area contributed by atoms with Gasteiger partial charge in [0.1, 0.15) is 5.70 Å². The highest BCUT2D eigenvalue weighted by atomic mass is 16.5. The Morgan fingerprint density at radius 1 is 0.939 bits per heavy atom. The SMILES string of the molecule is COc1ccc(NC2=C(c3ccc(C)cc3C)C(=O)N(Cc3cccnc3)C2=O)cc1OC. The first-order chi connectivity index (χ1) is 15.9. The number of aryl methyl sites for hydroxylation is 2. The van der Waals surface area contributed by atoms with E-state index in [1.54, 1.807) is 50.9 Å². The summed E-state index contributed by atoms with van der Waals surface area (Å²) in [5, 5.41) is 3.17. The van der Waals surface area contributed by atoms with Crippen molar-refractivity contribution in [2.75, 3.05) is 19.5 Å². The van der Waals surface area contributed by atoms with E-state index in [0.29, 0.717) is 22.8 Å². The summed E-state index contributed by atoms with van der Waals surface area (Å²) in [7, 11) is 3.10. The predicted octanol–water partition coefficient (Wildman–Crippen LogP) is 4.11. The summed E-state index contributed by atoms with van der Waals surface area (Å²) in [6.45, 7) is 4.06. The number of hydrogen-bond donors (Lipinski definition) is 1. The molecule has 0 atom stereocenters. The fraction of sp³-hybridized carbons (Fsp3) is 0.192. The maximum absolute atomic E-state index is 13.5. The number of aromatic nitrogens is 1. The number of ether oxygens (including phenoxy) is 2. The van der Waals surface area contributed by atoms with E-state index in [4.69, 9.17) is 9.47 Å². The molecule has 0 saturated carbocycles. The van der Waals surface area contributed by atoms with Crippen LogP contribution >= 0.6 is 0 Å². The van der Waals surface area contributed by atoms with Gasteiger partial charge >= 0.3 is 0 Å². The van der Waals surface area contributed by atoms with E-state index < -0.39 is 5.91 Å². The van der Waals surface area contributed by atoms with Gasteiger partial charge in [0, 0.05) is 24.1 Å². The molecule has 2 aromatic carbocycles. The minimum Gasteiger partial charge on any atom is -0.493 e. The Bertz CT molecular complexity index is 1250. The van der Waals surface area contributed by atoms with E-state index in [0.717, 1.165) is 22.3 Å². The standard InChI is InChI=1S/C26H25N3O4/c1-16-7-9-20(17(2)12-16)23-24(28-19-8-10-21(32-3)22(13-19)33-4)26(31)29(25(23)30)15-18-6-5-11-27-14-18/h5-14,28H,15H2,1-4H3. The lowest BCUT2D eigenvalue weighted by molar-refractivity contribution is -0.137. The molecule has 7 nitrogen and oxygen atoms in total. The zero-order valence-corrected chi connectivity index (χ0v) is 19.0. The van der Waals surface area contributed by atoms with Gasteiger partial charge in [0.05, 0.1) is 26.3 Å². The maximum Gasteiger partial charge on any atom is 0.278 e. The first-order valence-electron chi connectivity index (χ1n) is 10.5. The average molecular weight is 444 g/mol. The number of rotatable bonds is 7. The number of nitrogens with zero attached hydrogens (tertiary/aromatic N) is 2. The summed E-state index contributed by atoms with van der Waals surface area (Å²) in [6.07, 6.45) is 3.30. The van der Waals surface area contributed by atoms with E-state index in [2.05, 4.69) is 10.3 Å². The first kappa shape index (κ1) is 22.1. The fourth-order valence-corrected chi connectivity index (χ4v) is 3.91. The lowest BCUT2D eigenvalue weighted by Gasteiger charge is -2.15. The number of anilines is 1. The van der Waals surface area contributed by atoms with Crippen LogP contribution in [0, 0.1) is 13.8 Å². The van der Waals surface area contributed by atoms with Crippen LogP contribution in [0.1, 0.15) is 22.3 Å². The van der Waals surface area contributed by atoms with E-state index in [1.807, 2.05) is 38.1 Å². The highest BCUT2D eigenvalue weighted by molar-refractivity contribution is 6.36. The van der Waals surface area contributed by atoms with Crippen molar-refractivity contribution in [3.63, 3.8) is 0 Å². The molecule has 7 heteroatoms. The molecular formula is C26H25N3O4. The number of hydrogen-bond acceptors (Lipinski definition) is 6. The number of carbonyl (C=O) groups excluding carboxylic acids is 2. The number of imide groups is 1. The van der Waals surface area contributed by atoms with E-state index in [9.17, 15) is 9.59 Å². The zero-order chi connectivity index (χ0) is 23.5. The molecule has 0 spiro atoms. The quantitative estimate of drug-likeness (QED) is 0.554. The molecule has 0 fully saturated rings. The van der Waals surface area contributed by atoms with Gasteiger partial charge < -0.3 is 14.8 Å². The second-order valence-corrected chi connectivity index (χ2v) is 7.82. The van der Waals surface area contributed by atoms with E-state index in [-0.39, 0.29) is 18.1 Å². The molecule has 1 aromatic heterocycles. The minimum absolute atomic E-state index is 0.136. The third-order valence-electron chi connectivity index (χ3n) is 5.54. The average Bonchev–Trinajstić information content (AvgIpc) is 3.04. The number of benzene rings is 2. The van der Waals surface area contributed by atoms with Crippen LogP contribution in [-0.4, -0.2) is 35.9 Å². The van der Waals surface area contributed by atoms with Crippen molar-refractivity contribution in [1.29, 1.82) is 0 Å². The third-order valence-corrected chi connectivity index (χ3v) is 5.54. The van der Waals surface area contributed by atoms with Crippen LogP contribution in [0.25, 0.3) is 5.57 Å². The Labute approximate surface area is 192 Å². The normalized spacial score (nSPS) is 13.5. The summed E-state index contributed by atoms with van der Waals surface area (Å²) in [5.41, 5.74) is 4.66. The van der Waals surface area contributed by atoms with Gasteiger partial charge in [-0.25, -0.2) is 0 Å². The zero-order valence-electron chi connectivity index (χ0n) is 19.0. The highest BCUT2D eigenvalue weighted by Gasteiger charge is 2.39. The van der Waals surface area contributed by atoms with Gasteiger partial charge in [-0.3, -0.25) is 19.5 Å². The molecule has 0 aliphatic carbocycles. The molecule has 3 aromatic rings. The largest absolute Gasteiger partial charge is 0.493 e. The summed E-state index contributed by atoms with van der Waals surface area (Å²) < 4.78 is 10.7. The molecule has 0 bridgehead atoms. The van der Waals surface area contributed by atoms with Gasteiger partial charge in [0.25, 0.3) is 11.8 Å². The minimum atomic E-state index is -0.395. The van der Waals surface area contributed by atoms with Gasteiger partial charge in [-0.05, 0) is 48.7 Å². The van der Waals surface area contributed by atoms with Crippen molar-refractivity contribution in [2.45, 2.75) is 20.4 Å². The van der Waals surface area contributed by atoms with Gasteiger partial charge in [0.15, 0.2) is 11.5 Å². The van der Waals surface area contributed by atoms with Gasteiger partial charge in [-0.1, -0.05) is 29.8 Å². The molecule has 0 unspecified atom stereocenters. The lowest BCUT2D eigenvalue weighted by Crippen LogP contribution is -2.32. The van der Waals surface area contributed by atoms with Crippen molar-refractivity contribution in [3.05, 3.63) is 88.9 Å². The van der Waals surface area contributed by atoms with Crippen molar-refractivity contribution in [3.8, 4) is 11.5 Å². The van der Waals surface area contributed by atoms with Crippen molar-refractivity contribution >= 4 is 23.1 Å². The number of carbonyl (C=O) groups is 2. The second-order valence-electron chi connectivity index (χ2n) is 7.82. The molecular weight excluding hydrogens is 418 g/mol. The van der Waals surface area contributed by atoms with E-state index >= 15 is 0 Å². The van der Waals surface area contributed by atoms with Gasteiger partial charge in [-0.15, -0.1) is 0 Å². The Morgan fingerprint density at radius 3 is 2.39 bits per heavy atom. The van der Waals surface area contributed by atoms with E-state index in [1.165, 1.54) is 4.90 Å². The fourth-order valence-electron chi connectivity index (χ4n) is 3.91. The molecule has 168 valence electrons. The molecule has 2 heterocycles. The second kappa shape index (κ2) is 9.16. The van der Waals surface area contributed by atoms with Crippen molar-refractivity contribution in [1.82, 2.24) is 9.88 Å².